The average Bonchev–Trinajstić information content (AvgIpc) is 2.75. The summed E-state index contributed by atoms with van der Waals surface area (Å²) >= 11 is 0. The van der Waals surface area contributed by atoms with Crippen molar-refractivity contribution in [2.24, 2.45) is 0 Å². The second kappa shape index (κ2) is 5.02. The van der Waals surface area contributed by atoms with Crippen molar-refractivity contribution in [2.45, 2.75) is 19.0 Å². The van der Waals surface area contributed by atoms with Crippen LogP contribution in [0.4, 0.5) is 10.1 Å². The largest absolute Gasteiger partial charge is 0.324 e. The van der Waals surface area contributed by atoms with Gasteiger partial charge in [-0.1, -0.05) is 6.07 Å². The molecular weight excluding hydrogens is 257 g/mol. The van der Waals surface area contributed by atoms with Gasteiger partial charge in [0.2, 0.25) is 5.91 Å². The number of amides is 1. The molecule has 0 spiro atoms. The molecule has 1 aliphatic heterocycles. The lowest BCUT2D eigenvalue weighted by atomic mass is 10.0. The van der Waals surface area contributed by atoms with Gasteiger partial charge in [0.25, 0.3) is 0 Å². The zero-order valence-electron chi connectivity index (χ0n) is 10.9. The monoisotopic (exact) mass is 271 g/mol. The van der Waals surface area contributed by atoms with Gasteiger partial charge in [-0.05, 0) is 36.8 Å². The summed E-state index contributed by atoms with van der Waals surface area (Å²) in [5.74, 6) is -0.515. The number of benzene rings is 1. The van der Waals surface area contributed by atoms with Crippen LogP contribution in [0.25, 0.3) is 0 Å². The summed E-state index contributed by atoms with van der Waals surface area (Å²) in [7, 11) is 0. The summed E-state index contributed by atoms with van der Waals surface area (Å²) in [5, 5.41) is 5.95. The molecule has 2 heterocycles. The Morgan fingerprint density at radius 2 is 2.05 bits per heavy atom. The van der Waals surface area contributed by atoms with E-state index in [-0.39, 0.29) is 17.8 Å². The van der Waals surface area contributed by atoms with Crippen LogP contribution in [0, 0.1) is 5.82 Å². The molecule has 4 nitrogen and oxygen atoms in total. The van der Waals surface area contributed by atoms with Crippen molar-refractivity contribution >= 4 is 11.6 Å². The molecule has 1 amide bonds. The normalized spacial score (nSPS) is 18.5. The first-order valence-electron chi connectivity index (χ1n) is 6.41. The molecular formula is C15H14FN3O. The van der Waals surface area contributed by atoms with Crippen LogP contribution in [0.15, 0.2) is 42.7 Å². The fourth-order valence-electron chi connectivity index (χ4n) is 2.40. The third-order valence-corrected chi connectivity index (χ3v) is 3.47. The molecule has 20 heavy (non-hydrogen) atoms. The van der Waals surface area contributed by atoms with E-state index in [2.05, 4.69) is 15.6 Å². The van der Waals surface area contributed by atoms with Gasteiger partial charge in [0.1, 0.15) is 11.9 Å². The highest BCUT2D eigenvalue weighted by Gasteiger charge is 2.31. The molecule has 0 saturated heterocycles. The van der Waals surface area contributed by atoms with E-state index in [1.54, 1.807) is 18.5 Å². The summed E-state index contributed by atoms with van der Waals surface area (Å²) < 4.78 is 13.2. The van der Waals surface area contributed by atoms with Crippen LogP contribution in [0.2, 0.25) is 0 Å². The van der Waals surface area contributed by atoms with Gasteiger partial charge in [-0.25, -0.2) is 4.39 Å². The number of carbonyl (C=O) groups excluding carboxylic acids is 1. The van der Waals surface area contributed by atoms with E-state index in [0.717, 1.165) is 11.1 Å². The number of halogens is 1. The van der Waals surface area contributed by atoms with Crippen molar-refractivity contribution in [3.63, 3.8) is 0 Å². The number of pyridine rings is 1. The SMILES string of the molecule is CC(NC1C(=O)Nc2cc(F)ccc21)c1ccncc1. The van der Waals surface area contributed by atoms with E-state index in [1.165, 1.54) is 12.1 Å². The summed E-state index contributed by atoms with van der Waals surface area (Å²) in [6.07, 6.45) is 3.43. The molecule has 3 rings (SSSR count). The molecule has 0 aliphatic carbocycles. The highest BCUT2D eigenvalue weighted by molar-refractivity contribution is 6.02. The third-order valence-electron chi connectivity index (χ3n) is 3.47. The maximum absolute atomic E-state index is 13.2. The highest BCUT2D eigenvalue weighted by Crippen LogP contribution is 2.32. The molecule has 102 valence electrons. The Hall–Kier alpha value is -2.27. The van der Waals surface area contributed by atoms with Crippen LogP contribution in [0.3, 0.4) is 0 Å². The number of fused-ring (bicyclic) bond motifs is 1. The lowest BCUT2D eigenvalue weighted by Gasteiger charge is -2.18. The van der Waals surface area contributed by atoms with Crippen LogP contribution in [0.5, 0.6) is 0 Å². The van der Waals surface area contributed by atoms with E-state index in [0.29, 0.717) is 5.69 Å². The van der Waals surface area contributed by atoms with E-state index in [4.69, 9.17) is 0 Å². The van der Waals surface area contributed by atoms with E-state index in [1.807, 2.05) is 19.1 Å². The number of rotatable bonds is 3. The molecule has 1 aromatic carbocycles. The van der Waals surface area contributed by atoms with Gasteiger partial charge in [-0.15, -0.1) is 0 Å². The van der Waals surface area contributed by atoms with Crippen molar-refractivity contribution in [1.82, 2.24) is 10.3 Å². The lowest BCUT2D eigenvalue weighted by molar-refractivity contribution is -0.117. The summed E-state index contributed by atoms with van der Waals surface area (Å²) in [6, 6.07) is 7.67. The minimum Gasteiger partial charge on any atom is -0.324 e. The molecule has 0 saturated carbocycles. The van der Waals surface area contributed by atoms with Crippen LogP contribution < -0.4 is 10.6 Å². The van der Waals surface area contributed by atoms with Crippen LogP contribution in [0.1, 0.15) is 30.1 Å². The van der Waals surface area contributed by atoms with Crippen molar-refractivity contribution in [3.05, 3.63) is 59.7 Å². The van der Waals surface area contributed by atoms with E-state index in [9.17, 15) is 9.18 Å². The second-order valence-electron chi connectivity index (χ2n) is 4.82. The third kappa shape index (κ3) is 2.28. The first-order chi connectivity index (χ1) is 9.65. The van der Waals surface area contributed by atoms with Gasteiger partial charge in [-0.2, -0.15) is 0 Å². The fourth-order valence-corrected chi connectivity index (χ4v) is 2.40. The smallest absolute Gasteiger partial charge is 0.246 e. The average molecular weight is 271 g/mol. The molecule has 0 fully saturated rings. The first kappa shape index (κ1) is 12.7. The number of nitrogens with one attached hydrogen (secondary N) is 2. The predicted molar refractivity (Wildman–Crippen MR) is 73.6 cm³/mol. The van der Waals surface area contributed by atoms with Crippen molar-refractivity contribution < 1.29 is 9.18 Å². The minimum atomic E-state index is -0.464. The Labute approximate surface area is 116 Å². The van der Waals surface area contributed by atoms with Gasteiger partial charge in [0.05, 0.1) is 0 Å². The van der Waals surface area contributed by atoms with Crippen molar-refractivity contribution in [3.8, 4) is 0 Å². The first-order valence-corrected chi connectivity index (χ1v) is 6.41. The zero-order chi connectivity index (χ0) is 14.1. The molecule has 2 aromatic rings. The van der Waals surface area contributed by atoms with Crippen LogP contribution >= 0.6 is 0 Å². The number of nitrogens with zero attached hydrogens (tertiary/aromatic N) is 1. The minimum absolute atomic E-state index is 0.00949. The van der Waals surface area contributed by atoms with Crippen molar-refractivity contribution in [1.29, 1.82) is 0 Å². The van der Waals surface area contributed by atoms with Gasteiger partial charge in [-0.3, -0.25) is 15.1 Å². The molecule has 1 aliphatic rings. The Bertz CT molecular complexity index is 645. The van der Waals surface area contributed by atoms with Gasteiger partial charge in [0.15, 0.2) is 0 Å². The van der Waals surface area contributed by atoms with Gasteiger partial charge >= 0.3 is 0 Å². The fraction of sp³-hybridized carbons (Fsp3) is 0.200. The number of carbonyl (C=O) groups is 1. The predicted octanol–water partition coefficient (Wildman–Crippen LogP) is 2.56. The Balaban J connectivity index is 1.84. The maximum atomic E-state index is 13.2. The van der Waals surface area contributed by atoms with Crippen LogP contribution in [-0.2, 0) is 4.79 Å². The highest BCUT2D eigenvalue weighted by atomic mass is 19.1. The molecule has 1 aromatic heterocycles. The van der Waals surface area contributed by atoms with Gasteiger partial charge in [0, 0.05) is 29.7 Å². The number of hydrogen-bond donors (Lipinski definition) is 2. The molecule has 2 unspecified atom stereocenters. The van der Waals surface area contributed by atoms with Gasteiger partial charge < -0.3 is 5.32 Å². The summed E-state index contributed by atoms with van der Waals surface area (Å²) in [6.45, 7) is 1.98. The zero-order valence-corrected chi connectivity index (χ0v) is 10.9. The van der Waals surface area contributed by atoms with Crippen LogP contribution in [-0.4, -0.2) is 10.9 Å². The summed E-state index contributed by atoms with van der Waals surface area (Å²) in [4.78, 5) is 16.0. The maximum Gasteiger partial charge on any atom is 0.246 e. The Morgan fingerprint density at radius 1 is 1.30 bits per heavy atom. The number of anilines is 1. The molecule has 0 radical (unpaired) electrons. The van der Waals surface area contributed by atoms with E-state index >= 15 is 0 Å². The standard InChI is InChI=1S/C15H14FN3O/c1-9(10-4-6-17-7-5-10)18-14-12-3-2-11(16)8-13(12)19-15(14)20/h2-9,14,18H,1H3,(H,19,20). The Morgan fingerprint density at radius 3 is 2.80 bits per heavy atom. The summed E-state index contributed by atoms with van der Waals surface area (Å²) in [5.41, 5.74) is 2.36. The second-order valence-corrected chi connectivity index (χ2v) is 4.82. The molecule has 5 heteroatoms. The number of hydrogen-bond acceptors (Lipinski definition) is 3. The Kier molecular flexibility index (Phi) is 3.20. The molecule has 2 N–H and O–H groups in total. The topological polar surface area (TPSA) is 54.0 Å². The van der Waals surface area contributed by atoms with E-state index < -0.39 is 6.04 Å². The molecule has 0 bridgehead atoms. The quantitative estimate of drug-likeness (QED) is 0.902. The number of aromatic nitrogens is 1. The van der Waals surface area contributed by atoms with Crippen molar-refractivity contribution in [2.75, 3.05) is 5.32 Å². The lowest BCUT2D eigenvalue weighted by Crippen LogP contribution is -2.29. The molecule has 2 atom stereocenters.